The van der Waals surface area contributed by atoms with Crippen molar-refractivity contribution in [3.05, 3.63) is 47.4 Å². The molecule has 0 spiro atoms. The average molecular weight is 409 g/mol. The Morgan fingerprint density at radius 2 is 2.00 bits per heavy atom. The molecule has 0 saturated carbocycles. The monoisotopic (exact) mass is 409 g/mol. The normalized spacial score (nSPS) is 18.1. The molecule has 0 bridgehead atoms. The molecule has 3 heterocycles. The van der Waals surface area contributed by atoms with Gasteiger partial charge in [0.15, 0.2) is 12.4 Å². The van der Waals surface area contributed by atoms with Gasteiger partial charge in [-0.15, -0.1) is 0 Å². The third-order valence-electron chi connectivity index (χ3n) is 5.73. The van der Waals surface area contributed by atoms with Crippen molar-refractivity contribution in [2.24, 2.45) is 0 Å². The van der Waals surface area contributed by atoms with E-state index in [0.29, 0.717) is 31.1 Å². The van der Waals surface area contributed by atoms with Crippen molar-refractivity contribution in [1.29, 1.82) is 0 Å². The van der Waals surface area contributed by atoms with Crippen molar-refractivity contribution in [1.82, 2.24) is 19.8 Å². The number of benzene rings is 1. The third-order valence-corrected chi connectivity index (χ3v) is 5.73. The molecule has 2 amide bonds. The van der Waals surface area contributed by atoms with Crippen LogP contribution in [0, 0.1) is 0 Å². The van der Waals surface area contributed by atoms with E-state index in [9.17, 15) is 9.59 Å². The molecule has 0 radical (unpaired) electrons. The SMILES string of the molecule is CNc1nc([C@H]2CCCN2C(C)=O)nc2c1CN(C(=O)COc1ccccc1)CC2. The zero-order chi connectivity index (χ0) is 21.1. The molecule has 2 aromatic rings. The van der Waals surface area contributed by atoms with Crippen LogP contribution in [0.5, 0.6) is 5.75 Å². The maximum atomic E-state index is 12.7. The molecule has 1 fully saturated rings. The van der Waals surface area contributed by atoms with Crippen molar-refractivity contribution in [3.8, 4) is 5.75 Å². The fourth-order valence-electron chi connectivity index (χ4n) is 4.17. The number of amides is 2. The van der Waals surface area contributed by atoms with Gasteiger partial charge in [-0.2, -0.15) is 0 Å². The molecular weight excluding hydrogens is 382 g/mol. The van der Waals surface area contributed by atoms with E-state index in [1.54, 1.807) is 11.8 Å². The number of carbonyl (C=O) groups excluding carboxylic acids is 2. The minimum Gasteiger partial charge on any atom is -0.484 e. The molecule has 1 N–H and O–H groups in total. The first kappa shape index (κ1) is 20.1. The van der Waals surface area contributed by atoms with Crippen LogP contribution in [0.15, 0.2) is 30.3 Å². The number of anilines is 1. The van der Waals surface area contributed by atoms with Crippen LogP contribution in [-0.4, -0.2) is 58.3 Å². The summed E-state index contributed by atoms with van der Waals surface area (Å²) in [6, 6.07) is 9.26. The van der Waals surface area contributed by atoms with Gasteiger partial charge in [0.25, 0.3) is 5.91 Å². The van der Waals surface area contributed by atoms with Crippen LogP contribution in [0.4, 0.5) is 5.82 Å². The Kier molecular flexibility index (Phi) is 5.83. The second-order valence-electron chi connectivity index (χ2n) is 7.64. The lowest BCUT2D eigenvalue weighted by Crippen LogP contribution is -2.40. The smallest absolute Gasteiger partial charge is 0.260 e. The maximum Gasteiger partial charge on any atom is 0.260 e. The minimum atomic E-state index is -0.0705. The summed E-state index contributed by atoms with van der Waals surface area (Å²) in [6.07, 6.45) is 2.50. The Morgan fingerprint density at radius 3 is 2.73 bits per heavy atom. The van der Waals surface area contributed by atoms with E-state index in [4.69, 9.17) is 14.7 Å². The van der Waals surface area contributed by atoms with Crippen molar-refractivity contribution in [2.75, 3.05) is 32.1 Å². The van der Waals surface area contributed by atoms with Crippen LogP contribution in [0.2, 0.25) is 0 Å². The number of fused-ring (bicyclic) bond motifs is 1. The van der Waals surface area contributed by atoms with Gasteiger partial charge < -0.3 is 19.9 Å². The van der Waals surface area contributed by atoms with E-state index in [1.807, 2.05) is 42.3 Å². The number of carbonyl (C=O) groups is 2. The largest absolute Gasteiger partial charge is 0.484 e. The lowest BCUT2D eigenvalue weighted by molar-refractivity contribution is -0.134. The van der Waals surface area contributed by atoms with E-state index >= 15 is 0 Å². The van der Waals surface area contributed by atoms with Gasteiger partial charge in [-0.1, -0.05) is 18.2 Å². The molecule has 1 saturated heterocycles. The van der Waals surface area contributed by atoms with Gasteiger partial charge in [0.05, 0.1) is 18.3 Å². The van der Waals surface area contributed by atoms with Crippen LogP contribution in [0.25, 0.3) is 0 Å². The van der Waals surface area contributed by atoms with Crippen LogP contribution in [-0.2, 0) is 22.6 Å². The lowest BCUT2D eigenvalue weighted by atomic mass is 10.0. The summed E-state index contributed by atoms with van der Waals surface area (Å²) >= 11 is 0. The Morgan fingerprint density at radius 1 is 1.20 bits per heavy atom. The second-order valence-corrected chi connectivity index (χ2v) is 7.64. The van der Waals surface area contributed by atoms with E-state index in [0.717, 1.165) is 36.5 Å². The summed E-state index contributed by atoms with van der Waals surface area (Å²) in [6.45, 7) is 3.38. The number of likely N-dealkylation sites (tertiary alicyclic amines) is 1. The molecule has 8 nitrogen and oxygen atoms in total. The molecular formula is C22H27N5O3. The predicted octanol–water partition coefficient (Wildman–Crippen LogP) is 2.17. The van der Waals surface area contributed by atoms with Crippen LogP contribution in [0.1, 0.15) is 42.9 Å². The number of aromatic nitrogens is 2. The summed E-state index contributed by atoms with van der Waals surface area (Å²) in [5, 5.41) is 3.16. The molecule has 2 aliphatic heterocycles. The Balaban J connectivity index is 1.49. The predicted molar refractivity (Wildman–Crippen MR) is 112 cm³/mol. The Labute approximate surface area is 176 Å². The van der Waals surface area contributed by atoms with E-state index in [-0.39, 0.29) is 24.5 Å². The summed E-state index contributed by atoms with van der Waals surface area (Å²) in [5.41, 5.74) is 1.89. The average Bonchev–Trinajstić information content (AvgIpc) is 3.27. The molecule has 4 rings (SSSR count). The van der Waals surface area contributed by atoms with Gasteiger partial charge in [-0.05, 0) is 25.0 Å². The van der Waals surface area contributed by atoms with Gasteiger partial charge in [-0.3, -0.25) is 9.59 Å². The molecule has 1 aromatic carbocycles. The molecule has 30 heavy (non-hydrogen) atoms. The molecule has 0 unspecified atom stereocenters. The number of rotatable bonds is 5. The molecule has 1 aromatic heterocycles. The Hall–Kier alpha value is -3.16. The zero-order valence-electron chi connectivity index (χ0n) is 17.4. The number of nitrogens with zero attached hydrogens (tertiary/aromatic N) is 4. The first-order valence-corrected chi connectivity index (χ1v) is 10.4. The number of ether oxygens (including phenoxy) is 1. The second kappa shape index (κ2) is 8.69. The Bertz CT molecular complexity index is 917. The number of hydrogen-bond donors (Lipinski definition) is 1. The van der Waals surface area contributed by atoms with Crippen molar-refractivity contribution in [3.63, 3.8) is 0 Å². The molecule has 2 aliphatic rings. The third kappa shape index (κ3) is 4.08. The number of para-hydroxylation sites is 1. The first-order chi connectivity index (χ1) is 14.6. The first-order valence-electron chi connectivity index (χ1n) is 10.4. The summed E-state index contributed by atoms with van der Waals surface area (Å²) in [7, 11) is 1.82. The highest BCUT2D eigenvalue weighted by Gasteiger charge is 2.32. The minimum absolute atomic E-state index is 0.00280. The standard InChI is InChI=1S/C22H27N5O3/c1-15(28)27-11-6-9-19(27)22-24-18-10-12-26(13-17(18)21(23-2)25-22)20(29)14-30-16-7-4-3-5-8-16/h3-5,7-8,19H,6,9-14H2,1-2H3,(H,23,24,25)/t19-/m1/s1. The van der Waals surface area contributed by atoms with E-state index < -0.39 is 0 Å². The summed E-state index contributed by atoms with van der Waals surface area (Å²) in [4.78, 5) is 37.8. The van der Waals surface area contributed by atoms with Crippen LogP contribution >= 0.6 is 0 Å². The lowest BCUT2D eigenvalue weighted by Gasteiger charge is -2.30. The fourth-order valence-corrected chi connectivity index (χ4v) is 4.17. The summed E-state index contributed by atoms with van der Waals surface area (Å²) < 4.78 is 5.61. The highest BCUT2D eigenvalue weighted by Crippen LogP contribution is 2.33. The van der Waals surface area contributed by atoms with Crippen molar-refractivity contribution >= 4 is 17.6 Å². The van der Waals surface area contributed by atoms with Gasteiger partial charge in [-0.25, -0.2) is 9.97 Å². The molecule has 1 atom stereocenters. The highest BCUT2D eigenvalue weighted by molar-refractivity contribution is 5.78. The number of nitrogens with one attached hydrogen (secondary N) is 1. The highest BCUT2D eigenvalue weighted by atomic mass is 16.5. The zero-order valence-corrected chi connectivity index (χ0v) is 17.4. The molecule has 158 valence electrons. The maximum absolute atomic E-state index is 12.7. The van der Waals surface area contributed by atoms with Crippen molar-refractivity contribution in [2.45, 2.75) is 38.8 Å². The fraction of sp³-hybridized carbons (Fsp3) is 0.455. The number of hydrogen-bond acceptors (Lipinski definition) is 6. The van der Waals surface area contributed by atoms with Crippen LogP contribution < -0.4 is 10.1 Å². The quantitative estimate of drug-likeness (QED) is 0.814. The van der Waals surface area contributed by atoms with E-state index in [1.165, 1.54) is 0 Å². The van der Waals surface area contributed by atoms with Gasteiger partial charge in [0.1, 0.15) is 11.6 Å². The molecule has 8 heteroatoms. The van der Waals surface area contributed by atoms with Crippen molar-refractivity contribution < 1.29 is 14.3 Å². The summed E-state index contributed by atoms with van der Waals surface area (Å²) in [5.74, 6) is 2.10. The van der Waals surface area contributed by atoms with Gasteiger partial charge >= 0.3 is 0 Å². The molecule has 0 aliphatic carbocycles. The van der Waals surface area contributed by atoms with Crippen LogP contribution in [0.3, 0.4) is 0 Å². The van der Waals surface area contributed by atoms with Gasteiger partial charge in [0.2, 0.25) is 5.91 Å². The van der Waals surface area contributed by atoms with Gasteiger partial charge in [0, 0.05) is 39.0 Å². The topological polar surface area (TPSA) is 87.7 Å². The van der Waals surface area contributed by atoms with E-state index in [2.05, 4.69) is 5.32 Å².